The third-order valence-corrected chi connectivity index (χ3v) is 1.14. The third kappa shape index (κ3) is 1.33. The quantitative estimate of drug-likeness (QED) is 0.527. The summed E-state index contributed by atoms with van der Waals surface area (Å²) >= 11 is 0. The predicted octanol–water partition coefficient (Wildman–Crippen LogP) is 1.00. The molecule has 0 aromatic heterocycles. The molecule has 0 radical (unpaired) electrons. The standard InChI is InChI=1S/C7H9N3/c1-3-4-7-9-8-5-6-10(7)2/h3-4,6H,1-2H3/b4-3-. The molecule has 0 spiro atoms. The summed E-state index contributed by atoms with van der Waals surface area (Å²) in [5, 5.41) is 7.46. The lowest BCUT2D eigenvalue weighted by Gasteiger charge is -2.11. The second-order valence-corrected chi connectivity index (χ2v) is 1.93. The molecule has 0 fully saturated rings. The minimum Gasteiger partial charge on any atom is -0.326 e. The smallest absolute Gasteiger partial charge is 0.155 e. The Balaban J connectivity index is 2.80. The summed E-state index contributed by atoms with van der Waals surface area (Å²) in [5.74, 6) is 3.46. The molecule has 3 nitrogen and oxygen atoms in total. The van der Waals surface area contributed by atoms with Crippen LogP contribution in [0.5, 0.6) is 0 Å². The van der Waals surface area contributed by atoms with Gasteiger partial charge in [-0.2, -0.15) is 0 Å². The van der Waals surface area contributed by atoms with Crippen LogP contribution < -0.4 is 0 Å². The summed E-state index contributed by atoms with van der Waals surface area (Å²) in [6.45, 7) is 1.94. The second kappa shape index (κ2) is 2.99. The Morgan fingerprint density at radius 1 is 1.70 bits per heavy atom. The minimum atomic E-state index is 0.834. The van der Waals surface area contributed by atoms with Gasteiger partial charge >= 0.3 is 0 Å². The Bertz CT molecular complexity index is 231. The first-order valence-corrected chi connectivity index (χ1v) is 3.06. The van der Waals surface area contributed by atoms with E-state index in [-0.39, 0.29) is 0 Å². The van der Waals surface area contributed by atoms with Crippen LogP contribution in [-0.2, 0) is 0 Å². The summed E-state index contributed by atoms with van der Waals surface area (Å²) in [6.07, 6.45) is 5.55. The molecule has 10 heavy (non-hydrogen) atoms. The minimum absolute atomic E-state index is 0.834. The van der Waals surface area contributed by atoms with Crippen LogP contribution in [0.15, 0.2) is 28.6 Å². The first-order chi connectivity index (χ1) is 4.84. The molecule has 52 valence electrons. The number of nitrogens with zero attached hydrogens (tertiary/aromatic N) is 3. The Morgan fingerprint density at radius 2 is 2.50 bits per heavy atom. The normalized spacial score (nSPS) is 16.6. The van der Waals surface area contributed by atoms with Crippen molar-refractivity contribution in [3.63, 3.8) is 0 Å². The molecular formula is C7H9N3. The Hall–Kier alpha value is -1.34. The van der Waals surface area contributed by atoms with Gasteiger partial charge in [0.1, 0.15) is 0 Å². The zero-order chi connectivity index (χ0) is 7.40. The van der Waals surface area contributed by atoms with E-state index in [2.05, 4.69) is 16.1 Å². The maximum Gasteiger partial charge on any atom is 0.155 e. The first-order valence-electron chi connectivity index (χ1n) is 3.06. The van der Waals surface area contributed by atoms with Gasteiger partial charge in [-0.1, -0.05) is 6.08 Å². The number of rotatable bonds is 1. The van der Waals surface area contributed by atoms with Crippen molar-refractivity contribution in [3.05, 3.63) is 18.4 Å². The van der Waals surface area contributed by atoms with Gasteiger partial charge < -0.3 is 4.90 Å². The highest BCUT2D eigenvalue weighted by Crippen LogP contribution is 1.94. The van der Waals surface area contributed by atoms with Crippen molar-refractivity contribution in [2.24, 2.45) is 10.2 Å². The lowest BCUT2D eigenvalue weighted by molar-refractivity contribution is 0.689. The van der Waals surface area contributed by atoms with E-state index in [1.807, 2.05) is 31.0 Å². The van der Waals surface area contributed by atoms with Crippen LogP contribution in [0.4, 0.5) is 0 Å². The van der Waals surface area contributed by atoms with E-state index in [1.165, 1.54) is 0 Å². The number of allylic oxidation sites excluding steroid dienone is 1. The van der Waals surface area contributed by atoms with E-state index in [9.17, 15) is 0 Å². The molecule has 0 N–H and O–H groups in total. The molecule has 1 aliphatic heterocycles. The number of likely N-dealkylation sites (N-methyl/N-ethyl adjacent to an activating group) is 1. The van der Waals surface area contributed by atoms with Gasteiger partial charge in [0.2, 0.25) is 0 Å². The average Bonchev–Trinajstić information content (AvgIpc) is 1.94. The first kappa shape index (κ1) is 6.78. The Morgan fingerprint density at radius 3 is 3.10 bits per heavy atom. The van der Waals surface area contributed by atoms with Crippen LogP contribution >= 0.6 is 0 Å². The van der Waals surface area contributed by atoms with Crippen molar-refractivity contribution < 1.29 is 0 Å². The van der Waals surface area contributed by atoms with Gasteiger partial charge in [0.15, 0.2) is 5.84 Å². The van der Waals surface area contributed by atoms with Gasteiger partial charge in [-0.3, -0.25) is 0 Å². The number of hydrogen-bond acceptors (Lipinski definition) is 3. The molecule has 0 bridgehead atoms. The molecule has 3 heteroatoms. The molecule has 0 amide bonds. The van der Waals surface area contributed by atoms with E-state index in [0.29, 0.717) is 0 Å². The van der Waals surface area contributed by atoms with Crippen molar-refractivity contribution in [1.82, 2.24) is 4.90 Å². The van der Waals surface area contributed by atoms with Crippen molar-refractivity contribution >= 4 is 11.7 Å². The summed E-state index contributed by atoms with van der Waals surface area (Å²) < 4.78 is 0. The fraction of sp³-hybridized carbons (Fsp3) is 0.286. The van der Waals surface area contributed by atoms with Gasteiger partial charge in [0.05, 0.1) is 6.20 Å². The van der Waals surface area contributed by atoms with E-state index in [0.717, 1.165) is 5.84 Å². The maximum atomic E-state index is 3.84. The predicted molar refractivity (Wildman–Crippen MR) is 42.0 cm³/mol. The summed E-state index contributed by atoms with van der Waals surface area (Å²) in [4.78, 5) is 1.85. The highest BCUT2D eigenvalue weighted by molar-refractivity contribution is 5.95. The summed E-state index contributed by atoms with van der Waals surface area (Å²) in [6, 6.07) is 0. The van der Waals surface area contributed by atoms with Crippen LogP contribution in [0.3, 0.4) is 0 Å². The lowest BCUT2D eigenvalue weighted by atomic mass is 10.4. The number of amidine groups is 1. The average molecular weight is 135 g/mol. The third-order valence-electron chi connectivity index (χ3n) is 1.14. The van der Waals surface area contributed by atoms with E-state index in [1.54, 1.807) is 6.20 Å². The number of hydrogen-bond donors (Lipinski definition) is 0. The molecule has 0 saturated carbocycles. The molecule has 1 heterocycles. The van der Waals surface area contributed by atoms with Gasteiger partial charge in [-0.25, -0.2) is 0 Å². The van der Waals surface area contributed by atoms with Crippen molar-refractivity contribution in [2.75, 3.05) is 7.05 Å². The molecule has 0 unspecified atom stereocenters. The highest BCUT2D eigenvalue weighted by atomic mass is 15.3. The summed E-state index contributed by atoms with van der Waals surface area (Å²) in [7, 11) is 1.90. The van der Waals surface area contributed by atoms with Crippen molar-refractivity contribution in [1.29, 1.82) is 0 Å². The van der Waals surface area contributed by atoms with Crippen LogP contribution in [0.2, 0.25) is 0 Å². The van der Waals surface area contributed by atoms with Crippen LogP contribution in [0, 0.1) is 0 Å². The van der Waals surface area contributed by atoms with Gasteiger partial charge in [-0.15, -0.1) is 10.2 Å². The van der Waals surface area contributed by atoms with Crippen LogP contribution in [0.1, 0.15) is 6.92 Å². The van der Waals surface area contributed by atoms with Crippen LogP contribution in [0.25, 0.3) is 0 Å². The molecule has 0 aliphatic carbocycles. The SMILES string of the molecule is C/C=C\C1=NN=C=CN1C. The highest BCUT2D eigenvalue weighted by Gasteiger charge is 1.99. The van der Waals surface area contributed by atoms with E-state index >= 15 is 0 Å². The van der Waals surface area contributed by atoms with E-state index < -0.39 is 0 Å². The summed E-state index contributed by atoms with van der Waals surface area (Å²) in [5.41, 5.74) is 0. The molecule has 0 saturated heterocycles. The molecule has 0 atom stereocenters. The van der Waals surface area contributed by atoms with Crippen molar-refractivity contribution in [3.8, 4) is 0 Å². The fourth-order valence-electron chi connectivity index (χ4n) is 0.629. The maximum absolute atomic E-state index is 3.84. The second-order valence-electron chi connectivity index (χ2n) is 1.93. The zero-order valence-corrected chi connectivity index (χ0v) is 6.07. The van der Waals surface area contributed by atoms with Gasteiger partial charge in [0.25, 0.3) is 0 Å². The Labute approximate surface area is 60.1 Å². The van der Waals surface area contributed by atoms with Crippen LogP contribution in [-0.4, -0.2) is 23.7 Å². The van der Waals surface area contributed by atoms with E-state index in [4.69, 9.17) is 0 Å². The molecular weight excluding hydrogens is 126 g/mol. The fourth-order valence-corrected chi connectivity index (χ4v) is 0.629. The molecule has 0 aromatic rings. The molecule has 0 aromatic carbocycles. The lowest BCUT2D eigenvalue weighted by Crippen LogP contribution is -2.20. The Kier molecular flexibility index (Phi) is 2.03. The monoisotopic (exact) mass is 135 g/mol. The van der Waals surface area contributed by atoms with Crippen molar-refractivity contribution in [2.45, 2.75) is 6.92 Å². The van der Waals surface area contributed by atoms with Gasteiger partial charge in [0, 0.05) is 12.9 Å². The largest absolute Gasteiger partial charge is 0.326 e. The zero-order valence-electron chi connectivity index (χ0n) is 6.07. The molecule has 1 aliphatic rings. The molecule has 1 rings (SSSR count). The van der Waals surface area contributed by atoms with Gasteiger partial charge in [-0.05, 0) is 13.0 Å². The topological polar surface area (TPSA) is 28.0 Å².